The third-order valence-corrected chi connectivity index (χ3v) is 4.77. The molecular weight excluding hydrogens is 240 g/mol. The average molecular weight is 268 g/mol. The number of carbonyl (C=O) groups excluding carboxylic acids is 1. The van der Waals surface area contributed by atoms with E-state index in [9.17, 15) is 9.90 Å². The van der Waals surface area contributed by atoms with E-state index in [0.29, 0.717) is 18.9 Å². The molecule has 0 radical (unpaired) electrons. The van der Waals surface area contributed by atoms with Crippen molar-refractivity contribution in [3.05, 3.63) is 0 Å². The van der Waals surface area contributed by atoms with E-state index in [1.165, 1.54) is 6.42 Å². The van der Waals surface area contributed by atoms with Crippen LogP contribution in [-0.4, -0.2) is 59.1 Å². The van der Waals surface area contributed by atoms with Crippen LogP contribution >= 0.6 is 0 Å². The highest BCUT2D eigenvalue weighted by atomic mass is 16.3. The summed E-state index contributed by atoms with van der Waals surface area (Å²) in [6, 6.07) is 0. The van der Waals surface area contributed by atoms with Crippen molar-refractivity contribution in [3.8, 4) is 0 Å². The average Bonchev–Trinajstić information content (AvgIpc) is 2.75. The summed E-state index contributed by atoms with van der Waals surface area (Å²) in [6.07, 6.45) is 4.21. The number of hydrogen-bond acceptors (Lipinski definition) is 3. The molecule has 2 heterocycles. The number of hydrogen-bond donors (Lipinski definition) is 1. The maximum Gasteiger partial charge on any atom is 0.223 e. The maximum absolute atomic E-state index is 12.4. The Hall–Kier alpha value is -0.610. The van der Waals surface area contributed by atoms with Crippen molar-refractivity contribution < 1.29 is 9.90 Å². The standard InChI is InChI=1S/C15H28N2O2/c1-15(2)8-6-13(18)11-17(15)14(19)5-4-12-7-9-16(3)10-12/h12-13,18H,4-11H2,1-3H3. The van der Waals surface area contributed by atoms with Crippen molar-refractivity contribution in [1.29, 1.82) is 0 Å². The van der Waals surface area contributed by atoms with Gasteiger partial charge in [0.05, 0.1) is 6.10 Å². The largest absolute Gasteiger partial charge is 0.391 e. The van der Waals surface area contributed by atoms with Gasteiger partial charge in [0.25, 0.3) is 0 Å². The van der Waals surface area contributed by atoms with Gasteiger partial charge in [-0.2, -0.15) is 0 Å². The molecule has 4 heteroatoms. The zero-order valence-corrected chi connectivity index (χ0v) is 12.6. The highest BCUT2D eigenvalue weighted by Crippen LogP contribution is 2.29. The summed E-state index contributed by atoms with van der Waals surface area (Å²) in [4.78, 5) is 16.6. The van der Waals surface area contributed by atoms with Crippen molar-refractivity contribution in [1.82, 2.24) is 9.80 Å². The first-order chi connectivity index (χ1) is 8.88. The summed E-state index contributed by atoms with van der Waals surface area (Å²) >= 11 is 0. The van der Waals surface area contributed by atoms with E-state index in [1.54, 1.807) is 0 Å². The molecule has 2 aliphatic rings. The molecule has 0 aromatic rings. The van der Waals surface area contributed by atoms with Gasteiger partial charge < -0.3 is 14.9 Å². The van der Waals surface area contributed by atoms with Crippen LogP contribution < -0.4 is 0 Å². The van der Waals surface area contributed by atoms with Crippen LogP contribution in [0.25, 0.3) is 0 Å². The second kappa shape index (κ2) is 5.80. The molecule has 2 aliphatic heterocycles. The van der Waals surface area contributed by atoms with Gasteiger partial charge in [0, 0.05) is 25.0 Å². The van der Waals surface area contributed by atoms with Crippen molar-refractivity contribution in [3.63, 3.8) is 0 Å². The molecule has 1 N–H and O–H groups in total. The first-order valence-electron chi connectivity index (χ1n) is 7.55. The molecule has 2 atom stereocenters. The third kappa shape index (κ3) is 3.69. The topological polar surface area (TPSA) is 43.8 Å². The number of aliphatic hydroxyl groups is 1. The van der Waals surface area contributed by atoms with Crippen LogP contribution in [0.5, 0.6) is 0 Å². The summed E-state index contributed by atoms with van der Waals surface area (Å²) in [6.45, 7) is 7.02. The second-order valence-corrected chi connectivity index (χ2v) is 6.96. The van der Waals surface area contributed by atoms with Crippen LogP contribution in [0.1, 0.15) is 46.0 Å². The van der Waals surface area contributed by atoms with Gasteiger partial charge >= 0.3 is 0 Å². The van der Waals surface area contributed by atoms with E-state index in [2.05, 4.69) is 25.8 Å². The zero-order valence-electron chi connectivity index (χ0n) is 12.6. The molecule has 19 heavy (non-hydrogen) atoms. The van der Waals surface area contributed by atoms with Crippen LogP contribution in [0.15, 0.2) is 0 Å². The fraction of sp³-hybridized carbons (Fsp3) is 0.933. The molecule has 0 aliphatic carbocycles. The van der Waals surface area contributed by atoms with Gasteiger partial charge in [-0.15, -0.1) is 0 Å². The van der Waals surface area contributed by atoms with Gasteiger partial charge in [0.2, 0.25) is 5.91 Å². The molecule has 2 saturated heterocycles. The number of rotatable bonds is 3. The lowest BCUT2D eigenvalue weighted by Gasteiger charge is -2.44. The van der Waals surface area contributed by atoms with Gasteiger partial charge in [-0.05, 0) is 59.0 Å². The van der Waals surface area contributed by atoms with E-state index >= 15 is 0 Å². The number of amides is 1. The lowest BCUT2D eigenvalue weighted by Crippen LogP contribution is -2.54. The Labute approximate surface area is 116 Å². The lowest BCUT2D eigenvalue weighted by atomic mass is 9.88. The Bertz CT molecular complexity index is 330. The summed E-state index contributed by atoms with van der Waals surface area (Å²) in [5, 5.41) is 9.77. The Morgan fingerprint density at radius 3 is 2.68 bits per heavy atom. The number of piperidine rings is 1. The lowest BCUT2D eigenvalue weighted by molar-refractivity contribution is -0.142. The van der Waals surface area contributed by atoms with E-state index in [1.807, 2.05) is 4.90 Å². The number of carbonyl (C=O) groups is 1. The van der Waals surface area contributed by atoms with Crippen LogP contribution in [0.4, 0.5) is 0 Å². The molecule has 0 aromatic carbocycles. The van der Waals surface area contributed by atoms with Crippen LogP contribution in [0, 0.1) is 5.92 Å². The predicted octanol–water partition coefficient (Wildman–Crippen LogP) is 1.48. The Morgan fingerprint density at radius 1 is 1.32 bits per heavy atom. The molecule has 2 rings (SSSR count). The van der Waals surface area contributed by atoms with Gasteiger partial charge in [-0.25, -0.2) is 0 Å². The molecule has 1 amide bonds. The van der Waals surface area contributed by atoms with Crippen molar-refractivity contribution in [2.45, 2.75) is 57.6 Å². The van der Waals surface area contributed by atoms with Crippen molar-refractivity contribution in [2.75, 3.05) is 26.7 Å². The fourth-order valence-electron chi connectivity index (χ4n) is 3.37. The Balaban J connectivity index is 1.84. The third-order valence-electron chi connectivity index (χ3n) is 4.77. The molecule has 0 aromatic heterocycles. The minimum Gasteiger partial charge on any atom is -0.391 e. The zero-order chi connectivity index (χ0) is 14.0. The maximum atomic E-state index is 12.4. The molecule has 2 fully saturated rings. The molecule has 0 bridgehead atoms. The van der Waals surface area contributed by atoms with Crippen LogP contribution in [0.2, 0.25) is 0 Å². The fourth-order valence-corrected chi connectivity index (χ4v) is 3.37. The molecule has 2 unspecified atom stereocenters. The summed E-state index contributed by atoms with van der Waals surface area (Å²) in [5.41, 5.74) is -0.0945. The van der Waals surface area contributed by atoms with E-state index < -0.39 is 0 Å². The summed E-state index contributed by atoms with van der Waals surface area (Å²) in [7, 11) is 2.14. The minimum absolute atomic E-state index is 0.0945. The summed E-state index contributed by atoms with van der Waals surface area (Å²) < 4.78 is 0. The number of β-amino-alcohol motifs (C(OH)–C–C–N with tert-alkyl or cyclic N) is 1. The monoisotopic (exact) mass is 268 g/mol. The highest BCUT2D eigenvalue weighted by molar-refractivity contribution is 5.77. The minimum atomic E-state index is -0.338. The molecule has 0 saturated carbocycles. The second-order valence-electron chi connectivity index (χ2n) is 6.96. The van der Waals surface area contributed by atoms with Gasteiger partial charge in [0.15, 0.2) is 0 Å². The first-order valence-corrected chi connectivity index (χ1v) is 7.55. The SMILES string of the molecule is CN1CCC(CCC(=O)N2CC(O)CCC2(C)C)C1. The molecular formula is C15H28N2O2. The molecule has 110 valence electrons. The Kier molecular flexibility index (Phi) is 4.51. The quantitative estimate of drug-likeness (QED) is 0.843. The van der Waals surface area contributed by atoms with Gasteiger partial charge in [0.1, 0.15) is 0 Å². The van der Waals surface area contributed by atoms with E-state index in [-0.39, 0.29) is 17.6 Å². The smallest absolute Gasteiger partial charge is 0.223 e. The van der Waals surface area contributed by atoms with Gasteiger partial charge in [-0.3, -0.25) is 4.79 Å². The molecule has 0 spiro atoms. The number of likely N-dealkylation sites (tertiary alicyclic amines) is 2. The predicted molar refractivity (Wildman–Crippen MR) is 75.9 cm³/mol. The highest BCUT2D eigenvalue weighted by Gasteiger charge is 2.36. The van der Waals surface area contributed by atoms with Crippen molar-refractivity contribution >= 4 is 5.91 Å². The number of aliphatic hydroxyl groups excluding tert-OH is 1. The Morgan fingerprint density at radius 2 is 2.05 bits per heavy atom. The van der Waals surface area contributed by atoms with E-state index in [4.69, 9.17) is 0 Å². The van der Waals surface area contributed by atoms with Crippen LogP contribution in [-0.2, 0) is 4.79 Å². The summed E-state index contributed by atoms with van der Waals surface area (Å²) in [5.74, 6) is 0.894. The normalized spacial score (nSPS) is 31.7. The van der Waals surface area contributed by atoms with Crippen LogP contribution in [0.3, 0.4) is 0 Å². The number of nitrogens with zero attached hydrogens (tertiary/aromatic N) is 2. The molecule has 4 nitrogen and oxygen atoms in total. The van der Waals surface area contributed by atoms with E-state index in [0.717, 1.165) is 32.4 Å². The first kappa shape index (κ1) is 14.8. The van der Waals surface area contributed by atoms with Gasteiger partial charge in [-0.1, -0.05) is 0 Å². The van der Waals surface area contributed by atoms with Crippen molar-refractivity contribution in [2.24, 2.45) is 5.92 Å².